The van der Waals surface area contributed by atoms with Crippen molar-refractivity contribution in [2.45, 2.75) is 17.7 Å². The molecule has 2 heterocycles. The van der Waals surface area contributed by atoms with Gasteiger partial charge in [0, 0.05) is 41.6 Å². The molecular formula is C17H17N3O2S. The molecule has 0 fully saturated rings. The second-order valence-electron chi connectivity index (χ2n) is 5.22. The van der Waals surface area contributed by atoms with E-state index in [0.717, 1.165) is 28.3 Å². The number of pyridine rings is 1. The van der Waals surface area contributed by atoms with Crippen molar-refractivity contribution in [3.05, 3.63) is 53.9 Å². The highest BCUT2D eigenvalue weighted by Gasteiger charge is 2.15. The number of nitrogens with zero attached hydrogens (tertiary/aromatic N) is 1. The van der Waals surface area contributed by atoms with Gasteiger partial charge in [0.25, 0.3) is 5.91 Å². The van der Waals surface area contributed by atoms with Crippen LogP contribution in [0, 0.1) is 0 Å². The van der Waals surface area contributed by atoms with E-state index in [2.05, 4.69) is 15.6 Å². The Labute approximate surface area is 138 Å². The average Bonchev–Trinajstić information content (AvgIpc) is 2.75. The summed E-state index contributed by atoms with van der Waals surface area (Å²) in [6, 6.07) is 9.29. The quantitative estimate of drug-likeness (QED) is 0.905. The molecule has 0 unspecified atom stereocenters. The normalized spacial score (nSPS) is 13.7. The number of carbonyl (C=O) groups excluding carboxylic acids is 2. The Balaban J connectivity index is 1.62. The Morgan fingerprint density at radius 2 is 2.26 bits per heavy atom. The SMILES string of the molecule is O=C1CCSc2ccc(C(=O)NCCc3cccnc3)cc2N1. The van der Waals surface area contributed by atoms with Gasteiger partial charge in [-0.2, -0.15) is 0 Å². The highest BCUT2D eigenvalue weighted by atomic mass is 32.2. The summed E-state index contributed by atoms with van der Waals surface area (Å²) < 4.78 is 0. The number of hydrogen-bond acceptors (Lipinski definition) is 4. The molecule has 0 radical (unpaired) electrons. The molecule has 0 atom stereocenters. The molecule has 1 aromatic carbocycles. The molecule has 0 saturated heterocycles. The van der Waals surface area contributed by atoms with Crippen molar-refractivity contribution < 1.29 is 9.59 Å². The van der Waals surface area contributed by atoms with Gasteiger partial charge >= 0.3 is 0 Å². The lowest BCUT2D eigenvalue weighted by molar-refractivity contribution is -0.115. The van der Waals surface area contributed by atoms with Gasteiger partial charge in [-0.3, -0.25) is 14.6 Å². The van der Waals surface area contributed by atoms with Crippen molar-refractivity contribution in [3.63, 3.8) is 0 Å². The first-order valence-corrected chi connectivity index (χ1v) is 8.45. The summed E-state index contributed by atoms with van der Waals surface area (Å²) >= 11 is 1.63. The number of fused-ring (bicyclic) bond motifs is 1. The molecule has 0 spiro atoms. The Bertz CT molecular complexity index is 719. The van der Waals surface area contributed by atoms with Gasteiger partial charge in [-0.25, -0.2) is 0 Å². The molecule has 0 saturated carbocycles. The fraction of sp³-hybridized carbons (Fsp3) is 0.235. The molecular weight excluding hydrogens is 310 g/mol. The first-order valence-electron chi connectivity index (χ1n) is 7.46. The molecule has 118 valence electrons. The lowest BCUT2D eigenvalue weighted by Crippen LogP contribution is -2.25. The summed E-state index contributed by atoms with van der Waals surface area (Å²) in [6.07, 6.45) is 4.74. The van der Waals surface area contributed by atoms with Crippen LogP contribution in [0.2, 0.25) is 0 Å². The van der Waals surface area contributed by atoms with Crippen LogP contribution >= 0.6 is 11.8 Å². The average molecular weight is 327 g/mol. The Hall–Kier alpha value is -2.34. The zero-order chi connectivity index (χ0) is 16.1. The van der Waals surface area contributed by atoms with Crippen molar-refractivity contribution in [2.75, 3.05) is 17.6 Å². The molecule has 23 heavy (non-hydrogen) atoms. The highest BCUT2D eigenvalue weighted by molar-refractivity contribution is 7.99. The van der Waals surface area contributed by atoms with Crippen LogP contribution in [-0.4, -0.2) is 29.1 Å². The first kappa shape index (κ1) is 15.6. The van der Waals surface area contributed by atoms with E-state index < -0.39 is 0 Å². The van der Waals surface area contributed by atoms with Crippen LogP contribution in [0.5, 0.6) is 0 Å². The van der Waals surface area contributed by atoms with Gasteiger partial charge in [0.2, 0.25) is 5.91 Å². The summed E-state index contributed by atoms with van der Waals surface area (Å²) in [5, 5.41) is 5.75. The molecule has 2 aromatic rings. The van der Waals surface area contributed by atoms with Gasteiger partial charge in [0.1, 0.15) is 0 Å². The summed E-state index contributed by atoms with van der Waals surface area (Å²) in [5.41, 5.74) is 2.36. The largest absolute Gasteiger partial charge is 0.352 e. The maximum atomic E-state index is 12.2. The van der Waals surface area contributed by atoms with Crippen LogP contribution < -0.4 is 10.6 Å². The second-order valence-corrected chi connectivity index (χ2v) is 6.36. The maximum Gasteiger partial charge on any atom is 0.251 e. The van der Waals surface area contributed by atoms with Gasteiger partial charge in [-0.15, -0.1) is 11.8 Å². The Morgan fingerprint density at radius 1 is 1.35 bits per heavy atom. The predicted octanol–water partition coefficient (Wildman–Crippen LogP) is 2.49. The fourth-order valence-corrected chi connectivity index (χ4v) is 3.27. The molecule has 6 heteroatoms. The van der Waals surface area contributed by atoms with E-state index in [4.69, 9.17) is 0 Å². The predicted molar refractivity (Wildman–Crippen MR) is 90.7 cm³/mol. The molecule has 1 aliphatic rings. The topological polar surface area (TPSA) is 71.1 Å². The van der Waals surface area contributed by atoms with Crippen LogP contribution in [0.25, 0.3) is 0 Å². The van der Waals surface area contributed by atoms with Crippen molar-refractivity contribution in [2.24, 2.45) is 0 Å². The lowest BCUT2D eigenvalue weighted by Gasteiger charge is -2.09. The van der Waals surface area contributed by atoms with E-state index in [1.54, 1.807) is 36.3 Å². The number of rotatable bonds is 4. The molecule has 1 aliphatic heterocycles. The van der Waals surface area contributed by atoms with Gasteiger partial charge in [-0.1, -0.05) is 6.07 Å². The van der Waals surface area contributed by atoms with E-state index in [-0.39, 0.29) is 11.8 Å². The third-order valence-corrected chi connectivity index (χ3v) is 4.60. The smallest absolute Gasteiger partial charge is 0.251 e. The minimum atomic E-state index is -0.139. The van der Waals surface area contributed by atoms with E-state index in [9.17, 15) is 9.59 Å². The number of anilines is 1. The van der Waals surface area contributed by atoms with Crippen LogP contribution in [0.3, 0.4) is 0 Å². The zero-order valence-corrected chi connectivity index (χ0v) is 13.4. The van der Waals surface area contributed by atoms with Crippen LogP contribution in [0.4, 0.5) is 5.69 Å². The molecule has 1 aromatic heterocycles. The molecule has 5 nitrogen and oxygen atoms in total. The van der Waals surface area contributed by atoms with Crippen LogP contribution in [0.1, 0.15) is 22.3 Å². The van der Waals surface area contributed by atoms with E-state index >= 15 is 0 Å². The second kappa shape index (κ2) is 7.28. The molecule has 0 aliphatic carbocycles. The van der Waals surface area contributed by atoms with E-state index in [1.807, 2.05) is 18.2 Å². The standard InChI is InChI=1S/C17H17N3O2S/c21-16-6-9-23-15-4-3-13(10-14(15)20-16)17(22)19-8-5-12-2-1-7-18-11-12/h1-4,7,10-11H,5-6,8-9H2,(H,19,22)(H,20,21). The first-order chi connectivity index (χ1) is 11.2. The Kier molecular flexibility index (Phi) is 4.92. The minimum Gasteiger partial charge on any atom is -0.352 e. The maximum absolute atomic E-state index is 12.2. The van der Waals surface area contributed by atoms with Gasteiger partial charge in [0.05, 0.1) is 5.69 Å². The number of aromatic nitrogens is 1. The molecule has 2 N–H and O–H groups in total. The third-order valence-electron chi connectivity index (χ3n) is 3.52. The summed E-state index contributed by atoms with van der Waals surface area (Å²) in [6.45, 7) is 0.544. The summed E-state index contributed by atoms with van der Waals surface area (Å²) in [7, 11) is 0. The van der Waals surface area contributed by atoms with Gasteiger partial charge in [-0.05, 0) is 36.2 Å². The van der Waals surface area contributed by atoms with Crippen molar-refractivity contribution in [1.29, 1.82) is 0 Å². The summed E-state index contributed by atoms with van der Waals surface area (Å²) in [5.74, 6) is 0.612. The highest BCUT2D eigenvalue weighted by Crippen LogP contribution is 2.31. The number of amides is 2. The van der Waals surface area contributed by atoms with Crippen LogP contribution in [0.15, 0.2) is 47.6 Å². The lowest BCUT2D eigenvalue weighted by atomic mass is 10.1. The number of thioether (sulfide) groups is 1. The Morgan fingerprint density at radius 3 is 3.09 bits per heavy atom. The van der Waals surface area contributed by atoms with Crippen molar-refractivity contribution in [1.82, 2.24) is 10.3 Å². The number of hydrogen-bond donors (Lipinski definition) is 2. The third kappa shape index (κ3) is 4.10. The molecule has 3 rings (SSSR count). The minimum absolute atomic E-state index is 0.00890. The number of nitrogens with one attached hydrogen (secondary N) is 2. The van der Waals surface area contributed by atoms with Gasteiger partial charge < -0.3 is 10.6 Å². The number of carbonyl (C=O) groups is 2. The summed E-state index contributed by atoms with van der Waals surface area (Å²) in [4.78, 5) is 28.9. The number of benzene rings is 1. The monoisotopic (exact) mass is 327 g/mol. The molecule has 0 bridgehead atoms. The molecule has 2 amide bonds. The van der Waals surface area contributed by atoms with E-state index in [0.29, 0.717) is 18.5 Å². The zero-order valence-electron chi connectivity index (χ0n) is 12.5. The van der Waals surface area contributed by atoms with Crippen molar-refractivity contribution in [3.8, 4) is 0 Å². The van der Waals surface area contributed by atoms with Crippen LogP contribution in [-0.2, 0) is 11.2 Å². The van der Waals surface area contributed by atoms with Gasteiger partial charge in [0.15, 0.2) is 0 Å². The fourth-order valence-electron chi connectivity index (χ4n) is 2.33. The van der Waals surface area contributed by atoms with Crippen molar-refractivity contribution >= 4 is 29.3 Å². The van der Waals surface area contributed by atoms with E-state index in [1.165, 1.54) is 0 Å².